The fraction of sp³-hybridized carbons (Fsp3) is 0.800. The summed E-state index contributed by atoms with van der Waals surface area (Å²) in [5.74, 6) is 0. The highest BCUT2D eigenvalue weighted by Gasteiger charge is 2.30. The Morgan fingerprint density at radius 1 is 1.35 bits per heavy atom. The molecule has 0 amide bonds. The summed E-state index contributed by atoms with van der Waals surface area (Å²) in [6, 6.07) is 2.99. The summed E-state index contributed by atoms with van der Waals surface area (Å²) < 4.78 is 2.12. The normalized spacial score (nSPS) is 23.7. The molecule has 114 valence electrons. The number of nitrogens with one attached hydrogen (secondary N) is 1. The maximum atomic E-state index is 4.44. The summed E-state index contributed by atoms with van der Waals surface area (Å²) in [5.41, 5.74) is 1.31. The van der Waals surface area contributed by atoms with Gasteiger partial charge in [-0.1, -0.05) is 6.92 Å². The van der Waals surface area contributed by atoms with Crippen LogP contribution in [-0.4, -0.2) is 65.9 Å². The van der Waals surface area contributed by atoms with Gasteiger partial charge < -0.3 is 15.1 Å². The number of nitrogens with zero attached hydrogens (tertiary/aromatic N) is 4. The van der Waals surface area contributed by atoms with Crippen LogP contribution >= 0.6 is 0 Å². The molecular weight excluding hydrogens is 250 g/mol. The van der Waals surface area contributed by atoms with Crippen molar-refractivity contribution in [2.75, 3.05) is 40.3 Å². The number of aromatic nitrogens is 2. The third-order valence-corrected chi connectivity index (χ3v) is 4.29. The Labute approximate surface area is 122 Å². The number of likely N-dealkylation sites (N-methyl/N-ethyl adjacent to an activating group) is 3. The lowest BCUT2D eigenvalue weighted by atomic mass is 10.0. The van der Waals surface area contributed by atoms with Gasteiger partial charge in [0, 0.05) is 25.3 Å². The summed E-state index contributed by atoms with van der Waals surface area (Å²) in [6.07, 6.45) is 3.17. The quantitative estimate of drug-likeness (QED) is 0.878. The smallest absolute Gasteiger partial charge is 0.0662 e. The number of hydrogen-bond acceptors (Lipinski definition) is 4. The fourth-order valence-corrected chi connectivity index (χ4v) is 3.19. The Kier molecular flexibility index (Phi) is 5.57. The Morgan fingerprint density at radius 2 is 2.15 bits per heavy atom. The van der Waals surface area contributed by atoms with Crippen LogP contribution in [0.4, 0.5) is 0 Å². The van der Waals surface area contributed by atoms with Gasteiger partial charge in [0.15, 0.2) is 0 Å². The zero-order valence-electron chi connectivity index (χ0n) is 13.3. The minimum atomic E-state index is 0.341. The second kappa shape index (κ2) is 7.20. The first-order valence-corrected chi connectivity index (χ1v) is 7.81. The van der Waals surface area contributed by atoms with Crippen molar-refractivity contribution in [3.05, 3.63) is 18.0 Å². The Bertz CT molecular complexity index is 403. The van der Waals surface area contributed by atoms with E-state index in [0.717, 1.165) is 26.2 Å². The average molecular weight is 279 g/mol. The van der Waals surface area contributed by atoms with Crippen LogP contribution in [0.25, 0.3) is 0 Å². The van der Waals surface area contributed by atoms with E-state index in [1.165, 1.54) is 18.7 Å². The van der Waals surface area contributed by atoms with Crippen molar-refractivity contribution in [2.45, 2.75) is 38.9 Å². The molecule has 1 aliphatic rings. The van der Waals surface area contributed by atoms with E-state index in [0.29, 0.717) is 12.1 Å². The molecule has 5 nitrogen and oxygen atoms in total. The van der Waals surface area contributed by atoms with E-state index in [1.54, 1.807) is 0 Å². The van der Waals surface area contributed by atoms with Gasteiger partial charge in [-0.05, 0) is 53.1 Å². The summed E-state index contributed by atoms with van der Waals surface area (Å²) in [5, 5.41) is 8.12. The highest BCUT2D eigenvalue weighted by atomic mass is 15.3. The standard InChI is InChI=1S/C15H29N5/c1-5-16-15(13-8-9-17-20(13)6-2)14-12-18(3)10-7-11-19(14)4/h8-9,14-16H,5-7,10-12H2,1-4H3. The van der Waals surface area contributed by atoms with E-state index < -0.39 is 0 Å². The molecule has 0 radical (unpaired) electrons. The second-order valence-corrected chi connectivity index (χ2v) is 5.77. The van der Waals surface area contributed by atoms with E-state index in [-0.39, 0.29) is 0 Å². The molecular formula is C15H29N5. The third-order valence-electron chi connectivity index (χ3n) is 4.29. The van der Waals surface area contributed by atoms with Gasteiger partial charge in [-0.2, -0.15) is 5.10 Å². The predicted octanol–water partition coefficient (Wildman–Crippen LogP) is 1.19. The molecule has 1 aliphatic heterocycles. The van der Waals surface area contributed by atoms with Gasteiger partial charge in [-0.15, -0.1) is 0 Å². The first-order chi connectivity index (χ1) is 9.67. The average Bonchev–Trinajstić information content (AvgIpc) is 2.83. The Morgan fingerprint density at radius 3 is 2.85 bits per heavy atom. The highest BCUT2D eigenvalue weighted by Crippen LogP contribution is 2.23. The van der Waals surface area contributed by atoms with Gasteiger partial charge in [-0.25, -0.2) is 0 Å². The van der Waals surface area contributed by atoms with Gasteiger partial charge in [0.25, 0.3) is 0 Å². The highest BCUT2D eigenvalue weighted by molar-refractivity contribution is 5.11. The minimum Gasteiger partial charge on any atom is -0.308 e. The topological polar surface area (TPSA) is 36.3 Å². The van der Waals surface area contributed by atoms with E-state index >= 15 is 0 Å². The molecule has 20 heavy (non-hydrogen) atoms. The number of aryl methyl sites for hydroxylation is 1. The molecule has 0 saturated carbocycles. The van der Waals surface area contributed by atoms with Crippen molar-refractivity contribution >= 4 is 0 Å². The molecule has 1 fully saturated rings. The first-order valence-electron chi connectivity index (χ1n) is 7.81. The zero-order chi connectivity index (χ0) is 14.5. The number of rotatable bonds is 5. The predicted molar refractivity (Wildman–Crippen MR) is 82.9 cm³/mol. The Hall–Kier alpha value is -0.910. The van der Waals surface area contributed by atoms with E-state index in [1.807, 2.05) is 6.20 Å². The second-order valence-electron chi connectivity index (χ2n) is 5.77. The van der Waals surface area contributed by atoms with Crippen LogP contribution in [0, 0.1) is 0 Å². The lowest BCUT2D eigenvalue weighted by molar-refractivity contribution is 0.174. The van der Waals surface area contributed by atoms with Crippen LogP contribution in [0.2, 0.25) is 0 Å². The number of hydrogen-bond donors (Lipinski definition) is 1. The maximum absolute atomic E-state index is 4.44. The monoisotopic (exact) mass is 279 g/mol. The van der Waals surface area contributed by atoms with Crippen molar-refractivity contribution in [1.82, 2.24) is 24.9 Å². The van der Waals surface area contributed by atoms with E-state index in [4.69, 9.17) is 0 Å². The molecule has 1 aromatic rings. The summed E-state index contributed by atoms with van der Waals surface area (Å²) >= 11 is 0. The van der Waals surface area contributed by atoms with Crippen molar-refractivity contribution in [3.8, 4) is 0 Å². The SMILES string of the molecule is CCNC(c1ccnn1CC)C1CN(C)CCCN1C. The molecule has 5 heteroatoms. The fourth-order valence-electron chi connectivity index (χ4n) is 3.19. The van der Waals surface area contributed by atoms with Gasteiger partial charge >= 0.3 is 0 Å². The van der Waals surface area contributed by atoms with Crippen molar-refractivity contribution in [3.63, 3.8) is 0 Å². The van der Waals surface area contributed by atoms with Gasteiger partial charge in [0.1, 0.15) is 0 Å². The Balaban J connectivity index is 2.26. The van der Waals surface area contributed by atoms with Crippen molar-refractivity contribution < 1.29 is 0 Å². The zero-order valence-corrected chi connectivity index (χ0v) is 13.3. The molecule has 2 unspecified atom stereocenters. The molecule has 1 N–H and O–H groups in total. The molecule has 0 aromatic carbocycles. The van der Waals surface area contributed by atoms with Crippen LogP contribution in [-0.2, 0) is 6.54 Å². The molecule has 0 spiro atoms. The van der Waals surface area contributed by atoms with Crippen LogP contribution in [0.5, 0.6) is 0 Å². The van der Waals surface area contributed by atoms with Crippen LogP contribution < -0.4 is 5.32 Å². The molecule has 0 bridgehead atoms. The summed E-state index contributed by atoms with van der Waals surface area (Å²) in [4.78, 5) is 4.95. The van der Waals surface area contributed by atoms with Crippen molar-refractivity contribution in [1.29, 1.82) is 0 Å². The van der Waals surface area contributed by atoms with Crippen molar-refractivity contribution in [2.24, 2.45) is 0 Å². The van der Waals surface area contributed by atoms with E-state index in [9.17, 15) is 0 Å². The van der Waals surface area contributed by atoms with Crippen LogP contribution in [0.3, 0.4) is 0 Å². The molecule has 1 aromatic heterocycles. The van der Waals surface area contributed by atoms with Gasteiger partial charge in [-0.3, -0.25) is 4.68 Å². The van der Waals surface area contributed by atoms with Gasteiger partial charge in [0.05, 0.1) is 11.7 Å². The molecule has 2 heterocycles. The largest absolute Gasteiger partial charge is 0.308 e. The van der Waals surface area contributed by atoms with Crippen LogP contribution in [0.15, 0.2) is 12.3 Å². The molecule has 1 saturated heterocycles. The molecule has 0 aliphatic carbocycles. The van der Waals surface area contributed by atoms with Crippen LogP contribution in [0.1, 0.15) is 32.0 Å². The summed E-state index contributed by atoms with van der Waals surface area (Å²) in [7, 11) is 4.48. The van der Waals surface area contributed by atoms with Gasteiger partial charge in [0.2, 0.25) is 0 Å². The molecule has 2 rings (SSSR count). The lowest BCUT2D eigenvalue weighted by Crippen LogP contribution is -2.47. The third kappa shape index (κ3) is 3.40. The summed E-state index contributed by atoms with van der Waals surface area (Å²) in [6.45, 7) is 9.69. The maximum Gasteiger partial charge on any atom is 0.0662 e. The lowest BCUT2D eigenvalue weighted by Gasteiger charge is -2.35. The first kappa shape index (κ1) is 15.5. The minimum absolute atomic E-state index is 0.341. The molecule has 2 atom stereocenters. The van der Waals surface area contributed by atoms with E-state index in [2.05, 4.69) is 58.9 Å².